The second-order valence-corrected chi connectivity index (χ2v) is 7.55. The summed E-state index contributed by atoms with van der Waals surface area (Å²) in [5.74, 6) is -2.43. The molecule has 4 rings (SSSR count). The van der Waals surface area contributed by atoms with Gasteiger partial charge < -0.3 is 14.6 Å². The second kappa shape index (κ2) is 8.86. The van der Waals surface area contributed by atoms with Crippen LogP contribution in [-0.4, -0.2) is 35.3 Å². The molecule has 1 N–H and O–H groups in total. The number of rotatable bonds is 5. The zero-order chi connectivity index (χ0) is 22.7. The third kappa shape index (κ3) is 4.66. The van der Waals surface area contributed by atoms with Gasteiger partial charge in [0.15, 0.2) is 5.69 Å². The summed E-state index contributed by atoms with van der Waals surface area (Å²) in [6.45, 7) is 1.37. The molecule has 0 radical (unpaired) electrons. The van der Waals surface area contributed by atoms with E-state index in [9.17, 15) is 22.8 Å². The Morgan fingerprint density at radius 2 is 1.72 bits per heavy atom. The van der Waals surface area contributed by atoms with Crippen molar-refractivity contribution in [2.24, 2.45) is 0 Å². The molecular formula is C23H20F3N3O3. The number of nitrogens with zero attached hydrogens (tertiary/aromatic N) is 2. The van der Waals surface area contributed by atoms with Crippen LogP contribution in [0.1, 0.15) is 40.6 Å². The first kappa shape index (κ1) is 21.6. The third-order valence-electron chi connectivity index (χ3n) is 5.44. The van der Waals surface area contributed by atoms with Gasteiger partial charge in [-0.15, -0.1) is 0 Å². The van der Waals surface area contributed by atoms with Crippen molar-refractivity contribution in [3.63, 3.8) is 0 Å². The first-order chi connectivity index (χ1) is 15.3. The fourth-order valence-electron chi connectivity index (χ4n) is 3.74. The monoisotopic (exact) mass is 443 g/mol. The summed E-state index contributed by atoms with van der Waals surface area (Å²) in [6.07, 6.45) is -2.36. The van der Waals surface area contributed by atoms with E-state index < -0.39 is 23.5 Å². The minimum absolute atomic E-state index is 0.278. The highest BCUT2D eigenvalue weighted by molar-refractivity contribution is 6.04. The molecule has 0 bridgehead atoms. The van der Waals surface area contributed by atoms with Gasteiger partial charge in [0.25, 0.3) is 5.91 Å². The van der Waals surface area contributed by atoms with Crippen molar-refractivity contribution in [1.82, 2.24) is 9.88 Å². The van der Waals surface area contributed by atoms with Crippen molar-refractivity contribution in [3.8, 4) is 11.5 Å². The van der Waals surface area contributed by atoms with Crippen LogP contribution in [0.25, 0.3) is 11.5 Å². The molecule has 2 aromatic carbocycles. The van der Waals surface area contributed by atoms with Crippen molar-refractivity contribution >= 4 is 18.0 Å². The summed E-state index contributed by atoms with van der Waals surface area (Å²) in [4.78, 5) is 29.0. The maximum absolute atomic E-state index is 13.4. The highest BCUT2D eigenvalue weighted by Crippen LogP contribution is 2.35. The molecule has 166 valence electrons. The molecular weight excluding hydrogens is 423 g/mol. The number of benzene rings is 2. The van der Waals surface area contributed by atoms with Gasteiger partial charge in [0.05, 0.1) is 0 Å². The number of amides is 2. The molecule has 9 heteroatoms. The summed E-state index contributed by atoms with van der Waals surface area (Å²) in [5.41, 5.74) is 0.919. The Bertz CT molecular complexity index is 1090. The Morgan fingerprint density at radius 1 is 1.06 bits per heavy atom. The highest BCUT2D eigenvalue weighted by atomic mass is 19.4. The van der Waals surface area contributed by atoms with Gasteiger partial charge in [-0.2, -0.15) is 13.2 Å². The maximum atomic E-state index is 13.4. The predicted molar refractivity (Wildman–Crippen MR) is 111 cm³/mol. The van der Waals surface area contributed by atoms with Crippen LogP contribution >= 0.6 is 0 Å². The average Bonchev–Trinajstić information content (AvgIpc) is 3.27. The lowest BCUT2D eigenvalue weighted by Gasteiger charge is -2.29. The molecule has 6 nitrogen and oxygen atoms in total. The fraction of sp³-hybridized carbons (Fsp3) is 0.261. The number of likely N-dealkylation sites (tertiary alicyclic amines) is 1. The summed E-state index contributed by atoms with van der Waals surface area (Å²) in [6, 6.07) is 15.0. The van der Waals surface area contributed by atoms with Crippen molar-refractivity contribution in [1.29, 1.82) is 0 Å². The number of halogens is 3. The molecule has 2 amide bonds. The summed E-state index contributed by atoms with van der Waals surface area (Å²) < 4.78 is 45.3. The smallest absolute Gasteiger partial charge is 0.431 e. The molecule has 1 saturated heterocycles. The van der Waals surface area contributed by atoms with E-state index in [1.807, 2.05) is 12.1 Å². The molecule has 1 fully saturated rings. The number of carbonyl (C=O) groups is 2. The van der Waals surface area contributed by atoms with Crippen LogP contribution in [0.3, 0.4) is 0 Å². The van der Waals surface area contributed by atoms with Crippen molar-refractivity contribution in [2.75, 3.05) is 18.4 Å². The average molecular weight is 443 g/mol. The van der Waals surface area contributed by atoms with Gasteiger partial charge >= 0.3 is 6.18 Å². The molecule has 0 unspecified atom stereocenters. The third-order valence-corrected chi connectivity index (χ3v) is 5.44. The van der Waals surface area contributed by atoms with E-state index in [2.05, 4.69) is 10.3 Å². The molecule has 0 atom stereocenters. The van der Waals surface area contributed by atoms with Gasteiger partial charge in [0.1, 0.15) is 0 Å². The molecule has 1 aliphatic heterocycles. The predicted octanol–water partition coefficient (Wildman–Crippen LogP) is 4.95. The number of alkyl halides is 3. The van der Waals surface area contributed by atoms with Crippen LogP contribution in [-0.2, 0) is 11.0 Å². The first-order valence-electron chi connectivity index (χ1n) is 10.1. The van der Waals surface area contributed by atoms with Gasteiger partial charge in [-0.1, -0.05) is 30.3 Å². The Kier molecular flexibility index (Phi) is 5.98. The van der Waals surface area contributed by atoms with Crippen LogP contribution < -0.4 is 5.32 Å². The van der Waals surface area contributed by atoms with E-state index in [0.29, 0.717) is 24.3 Å². The number of carbonyl (C=O) groups excluding carboxylic acids is 2. The minimum atomic E-state index is -4.87. The lowest BCUT2D eigenvalue weighted by Crippen LogP contribution is -2.31. The van der Waals surface area contributed by atoms with Gasteiger partial charge in [-0.05, 0) is 48.6 Å². The lowest BCUT2D eigenvalue weighted by atomic mass is 9.89. The fourth-order valence-corrected chi connectivity index (χ4v) is 3.74. The van der Waals surface area contributed by atoms with E-state index in [4.69, 9.17) is 4.42 Å². The van der Waals surface area contributed by atoms with E-state index in [0.717, 1.165) is 24.8 Å². The van der Waals surface area contributed by atoms with Crippen LogP contribution in [0.5, 0.6) is 0 Å². The van der Waals surface area contributed by atoms with Crippen LogP contribution in [0.4, 0.5) is 18.9 Å². The molecule has 1 aliphatic rings. The molecule has 32 heavy (non-hydrogen) atoms. The molecule has 0 spiro atoms. The Labute approximate surface area is 182 Å². The normalized spacial score (nSPS) is 14.9. The minimum Gasteiger partial charge on any atom is -0.431 e. The molecule has 3 aromatic rings. The second-order valence-electron chi connectivity index (χ2n) is 7.55. The highest BCUT2D eigenvalue weighted by Gasteiger charge is 2.42. The van der Waals surface area contributed by atoms with E-state index in [1.54, 1.807) is 47.4 Å². The molecule has 0 saturated carbocycles. The van der Waals surface area contributed by atoms with Gasteiger partial charge in [0, 0.05) is 24.3 Å². The topological polar surface area (TPSA) is 75.4 Å². The van der Waals surface area contributed by atoms with E-state index >= 15 is 0 Å². The number of anilines is 1. The number of oxazole rings is 1. The molecule has 1 aromatic heterocycles. The van der Waals surface area contributed by atoms with Crippen molar-refractivity contribution in [2.45, 2.75) is 24.9 Å². The zero-order valence-corrected chi connectivity index (χ0v) is 16.9. The Morgan fingerprint density at radius 3 is 2.31 bits per heavy atom. The largest absolute Gasteiger partial charge is 0.452 e. The van der Waals surface area contributed by atoms with Gasteiger partial charge in [-0.25, -0.2) is 4.98 Å². The standard InChI is InChI=1S/C23H20F3N3O3/c24-23(25,26)20-19(28-22(32-20)17-4-2-1-3-5-17)21(31)27-18-8-6-15(7-9-18)16-10-12-29(14-30)13-11-16/h1-9,14,16H,10-13H2,(H,27,31). The van der Waals surface area contributed by atoms with Crippen molar-refractivity contribution in [3.05, 3.63) is 71.6 Å². The zero-order valence-electron chi connectivity index (χ0n) is 16.9. The SMILES string of the molecule is O=CN1CCC(c2ccc(NC(=O)c3nc(-c4ccccc4)oc3C(F)(F)F)cc2)CC1. The Balaban J connectivity index is 1.51. The summed E-state index contributed by atoms with van der Waals surface area (Å²) >= 11 is 0. The van der Waals surface area contributed by atoms with Crippen LogP contribution in [0.2, 0.25) is 0 Å². The molecule has 0 aliphatic carbocycles. The quantitative estimate of drug-likeness (QED) is 0.567. The van der Waals surface area contributed by atoms with Crippen LogP contribution in [0.15, 0.2) is 59.0 Å². The van der Waals surface area contributed by atoms with Gasteiger partial charge in [-0.3, -0.25) is 9.59 Å². The number of hydrogen-bond donors (Lipinski definition) is 1. The van der Waals surface area contributed by atoms with Gasteiger partial charge in [0.2, 0.25) is 18.1 Å². The van der Waals surface area contributed by atoms with E-state index in [1.165, 1.54) is 0 Å². The molecule has 2 heterocycles. The van der Waals surface area contributed by atoms with E-state index in [-0.39, 0.29) is 11.8 Å². The lowest BCUT2D eigenvalue weighted by molar-refractivity contribution is -0.153. The maximum Gasteiger partial charge on any atom is 0.452 e. The number of aromatic nitrogens is 1. The first-order valence-corrected chi connectivity index (χ1v) is 10.1. The number of piperidine rings is 1. The Hall–Kier alpha value is -3.62. The number of hydrogen-bond acceptors (Lipinski definition) is 4. The van der Waals surface area contributed by atoms with Crippen molar-refractivity contribution < 1.29 is 27.2 Å². The summed E-state index contributed by atoms with van der Waals surface area (Å²) in [5, 5.41) is 2.47. The summed E-state index contributed by atoms with van der Waals surface area (Å²) in [7, 11) is 0. The number of nitrogens with one attached hydrogen (secondary N) is 1. The van der Waals surface area contributed by atoms with Crippen LogP contribution in [0, 0.1) is 0 Å².